The molecule has 90 valence electrons. The first-order valence-corrected chi connectivity index (χ1v) is 5.45. The topological polar surface area (TPSA) is 63.4 Å². The van der Waals surface area contributed by atoms with Gasteiger partial charge in [0.25, 0.3) is 5.91 Å². The molecule has 0 bridgehead atoms. The number of hydrogen-bond acceptors (Lipinski definition) is 2. The first kappa shape index (κ1) is 11.6. The SMILES string of the molecule is NC(=O)[C@@H]1CCCN1C(=O)c1cccc(F)c1. The summed E-state index contributed by atoms with van der Waals surface area (Å²) in [5.74, 6) is -1.32. The Morgan fingerprint density at radius 2 is 2.18 bits per heavy atom. The lowest BCUT2D eigenvalue weighted by molar-refractivity contribution is -0.121. The van der Waals surface area contributed by atoms with Crippen LogP contribution in [-0.4, -0.2) is 29.3 Å². The molecule has 1 atom stereocenters. The number of benzene rings is 1. The molecule has 2 rings (SSSR count). The monoisotopic (exact) mass is 236 g/mol. The lowest BCUT2D eigenvalue weighted by atomic mass is 10.1. The number of carbonyl (C=O) groups excluding carboxylic acids is 2. The van der Waals surface area contributed by atoms with Crippen LogP contribution in [0.15, 0.2) is 24.3 Å². The Balaban J connectivity index is 2.23. The van der Waals surface area contributed by atoms with Crippen LogP contribution in [0.3, 0.4) is 0 Å². The van der Waals surface area contributed by atoms with Crippen molar-refractivity contribution in [3.63, 3.8) is 0 Å². The molecule has 17 heavy (non-hydrogen) atoms. The summed E-state index contributed by atoms with van der Waals surface area (Å²) < 4.78 is 13.0. The van der Waals surface area contributed by atoms with Gasteiger partial charge in [0.15, 0.2) is 0 Å². The van der Waals surface area contributed by atoms with Crippen molar-refractivity contribution in [3.05, 3.63) is 35.6 Å². The van der Waals surface area contributed by atoms with E-state index in [1.165, 1.54) is 29.2 Å². The number of likely N-dealkylation sites (tertiary alicyclic amines) is 1. The number of halogens is 1. The zero-order chi connectivity index (χ0) is 12.4. The summed E-state index contributed by atoms with van der Waals surface area (Å²) in [6.45, 7) is 0.489. The first-order chi connectivity index (χ1) is 8.09. The van der Waals surface area contributed by atoms with Crippen LogP contribution in [-0.2, 0) is 4.79 Å². The lowest BCUT2D eigenvalue weighted by Gasteiger charge is -2.22. The van der Waals surface area contributed by atoms with Gasteiger partial charge in [-0.2, -0.15) is 0 Å². The molecule has 1 aliphatic heterocycles. The molecule has 0 unspecified atom stereocenters. The largest absolute Gasteiger partial charge is 0.368 e. The molecule has 5 heteroatoms. The molecule has 1 heterocycles. The second-order valence-electron chi connectivity index (χ2n) is 4.07. The predicted molar refractivity (Wildman–Crippen MR) is 59.7 cm³/mol. The molecule has 0 aromatic heterocycles. The zero-order valence-electron chi connectivity index (χ0n) is 9.23. The zero-order valence-corrected chi connectivity index (χ0v) is 9.23. The van der Waals surface area contributed by atoms with Crippen LogP contribution < -0.4 is 5.73 Å². The van der Waals surface area contributed by atoms with Gasteiger partial charge in [0, 0.05) is 12.1 Å². The summed E-state index contributed by atoms with van der Waals surface area (Å²) in [7, 11) is 0. The average molecular weight is 236 g/mol. The molecule has 1 fully saturated rings. The fraction of sp³-hybridized carbons (Fsp3) is 0.333. The normalized spacial score (nSPS) is 19.4. The summed E-state index contributed by atoms with van der Waals surface area (Å²) in [5, 5.41) is 0. The molecule has 0 spiro atoms. The van der Waals surface area contributed by atoms with E-state index in [0.29, 0.717) is 13.0 Å². The van der Waals surface area contributed by atoms with Crippen molar-refractivity contribution in [2.75, 3.05) is 6.54 Å². The quantitative estimate of drug-likeness (QED) is 0.829. The minimum Gasteiger partial charge on any atom is -0.368 e. The van der Waals surface area contributed by atoms with Crippen molar-refractivity contribution >= 4 is 11.8 Å². The van der Waals surface area contributed by atoms with E-state index in [1.54, 1.807) is 0 Å². The minimum absolute atomic E-state index is 0.248. The highest BCUT2D eigenvalue weighted by Gasteiger charge is 2.33. The van der Waals surface area contributed by atoms with Crippen LogP contribution in [0.25, 0.3) is 0 Å². The van der Waals surface area contributed by atoms with Crippen molar-refractivity contribution in [1.29, 1.82) is 0 Å². The summed E-state index contributed by atoms with van der Waals surface area (Å²) in [6.07, 6.45) is 1.32. The van der Waals surface area contributed by atoms with Gasteiger partial charge in [-0.25, -0.2) is 4.39 Å². The molecular weight excluding hydrogens is 223 g/mol. The van der Waals surface area contributed by atoms with Crippen LogP contribution in [0.2, 0.25) is 0 Å². The van der Waals surface area contributed by atoms with E-state index in [-0.39, 0.29) is 11.5 Å². The number of nitrogens with two attached hydrogens (primary N) is 1. The standard InChI is InChI=1S/C12H13FN2O2/c13-9-4-1-3-8(7-9)12(17)15-6-2-5-10(15)11(14)16/h1,3-4,7,10H,2,5-6H2,(H2,14,16)/t10-/m0/s1. The Kier molecular flexibility index (Phi) is 3.08. The average Bonchev–Trinajstić information content (AvgIpc) is 2.77. The second-order valence-corrected chi connectivity index (χ2v) is 4.07. The number of amides is 2. The van der Waals surface area contributed by atoms with Crippen LogP contribution in [0.5, 0.6) is 0 Å². The fourth-order valence-electron chi connectivity index (χ4n) is 2.09. The van der Waals surface area contributed by atoms with Crippen LogP contribution in [0.4, 0.5) is 4.39 Å². The highest BCUT2D eigenvalue weighted by Crippen LogP contribution is 2.20. The molecular formula is C12H13FN2O2. The van der Waals surface area contributed by atoms with Gasteiger partial charge in [-0.1, -0.05) is 6.07 Å². The van der Waals surface area contributed by atoms with E-state index < -0.39 is 17.8 Å². The van der Waals surface area contributed by atoms with Crippen molar-refractivity contribution < 1.29 is 14.0 Å². The van der Waals surface area contributed by atoms with Gasteiger partial charge in [-0.3, -0.25) is 9.59 Å². The number of rotatable bonds is 2. The molecule has 2 amide bonds. The van der Waals surface area contributed by atoms with Gasteiger partial charge in [0.2, 0.25) is 5.91 Å². The van der Waals surface area contributed by atoms with E-state index in [2.05, 4.69) is 0 Å². The number of primary amides is 1. The molecule has 1 aromatic carbocycles. The molecule has 2 N–H and O–H groups in total. The molecule has 1 aliphatic rings. The van der Waals surface area contributed by atoms with E-state index in [1.807, 2.05) is 0 Å². The summed E-state index contributed by atoms with van der Waals surface area (Å²) in [4.78, 5) is 24.6. The van der Waals surface area contributed by atoms with Crippen molar-refractivity contribution in [1.82, 2.24) is 4.90 Å². The third-order valence-electron chi connectivity index (χ3n) is 2.91. The maximum Gasteiger partial charge on any atom is 0.254 e. The van der Waals surface area contributed by atoms with Gasteiger partial charge in [0.1, 0.15) is 11.9 Å². The molecule has 0 aliphatic carbocycles. The second kappa shape index (κ2) is 4.53. The smallest absolute Gasteiger partial charge is 0.254 e. The Bertz CT molecular complexity index is 462. The Morgan fingerprint density at radius 1 is 1.41 bits per heavy atom. The number of nitrogens with zero attached hydrogens (tertiary/aromatic N) is 1. The van der Waals surface area contributed by atoms with Crippen LogP contribution in [0, 0.1) is 5.82 Å². The highest BCUT2D eigenvalue weighted by molar-refractivity contribution is 5.97. The fourth-order valence-corrected chi connectivity index (χ4v) is 2.09. The lowest BCUT2D eigenvalue weighted by Crippen LogP contribution is -2.43. The number of hydrogen-bond donors (Lipinski definition) is 1. The van der Waals surface area contributed by atoms with Crippen LogP contribution in [0.1, 0.15) is 23.2 Å². The predicted octanol–water partition coefficient (Wildman–Crippen LogP) is 0.916. The van der Waals surface area contributed by atoms with Crippen molar-refractivity contribution in [2.24, 2.45) is 5.73 Å². The maximum absolute atomic E-state index is 13.0. The van der Waals surface area contributed by atoms with Crippen molar-refractivity contribution in [2.45, 2.75) is 18.9 Å². The highest BCUT2D eigenvalue weighted by atomic mass is 19.1. The number of carbonyl (C=O) groups is 2. The van der Waals surface area contributed by atoms with Crippen LogP contribution >= 0.6 is 0 Å². The van der Waals surface area contributed by atoms with Crippen molar-refractivity contribution in [3.8, 4) is 0 Å². The maximum atomic E-state index is 13.0. The Morgan fingerprint density at radius 3 is 2.82 bits per heavy atom. The molecule has 0 radical (unpaired) electrons. The third kappa shape index (κ3) is 2.27. The third-order valence-corrected chi connectivity index (χ3v) is 2.91. The molecule has 4 nitrogen and oxygen atoms in total. The Hall–Kier alpha value is -1.91. The van der Waals surface area contributed by atoms with E-state index >= 15 is 0 Å². The van der Waals surface area contributed by atoms with E-state index in [4.69, 9.17) is 5.73 Å². The molecule has 1 saturated heterocycles. The van der Waals surface area contributed by atoms with Gasteiger partial charge in [-0.05, 0) is 31.0 Å². The Labute approximate surface area is 98.2 Å². The van der Waals surface area contributed by atoms with Gasteiger partial charge in [0.05, 0.1) is 0 Å². The van der Waals surface area contributed by atoms with E-state index in [0.717, 1.165) is 6.42 Å². The molecule has 1 aromatic rings. The van der Waals surface area contributed by atoms with Gasteiger partial charge in [-0.15, -0.1) is 0 Å². The summed E-state index contributed by atoms with van der Waals surface area (Å²) in [6, 6.07) is 4.87. The summed E-state index contributed by atoms with van der Waals surface area (Å²) >= 11 is 0. The van der Waals surface area contributed by atoms with Gasteiger partial charge >= 0.3 is 0 Å². The summed E-state index contributed by atoms with van der Waals surface area (Å²) in [5.41, 5.74) is 5.48. The first-order valence-electron chi connectivity index (χ1n) is 5.45. The van der Waals surface area contributed by atoms with E-state index in [9.17, 15) is 14.0 Å². The minimum atomic E-state index is -0.564. The molecule has 0 saturated carbocycles. The van der Waals surface area contributed by atoms with Gasteiger partial charge < -0.3 is 10.6 Å².